The number of nitrogens with zero attached hydrogens (tertiary/aromatic N) is 3. The molecule has 0 aliphatic heterocycles. The van der Waals surface area contributed by atoms with Gasteiger partial charge in [-0.25, -0.2) is 9.67 Å². The molecule has 25 heavy (non-hydrogen) atoms. The highest BCUT2D eigenvalue weighted by Gasteiger charge is 2.13. The lowest BCUT2D eigenvalue weighted by atomic mass is 10.1. The molecule has 6 heteroatoms. The van der Waals surface area contributed by atoms with Crippen LogP contribution in [0.2, 0.25) is 0 Å². The fourth-order valence-electron chi connectivity index (χ4n) is 2.63. The Morgan fingerprint density at radius 3 is 2.64 bits per heavy atom. The second kappa shape index (κ2) is 8.21. The zero-order valence-corrected chi connectivity index (χ0v) is 13.7. The van der Waals surface area contributed by atoms with Gasteiger partial charge in [0.2, 0.25) is 0 Å². The molecule has 0 bridgehead atoms. The molecule has 0 aliphatic rings. The highest BCUT2D eigenvalue weighted by molar-refractivity contribution is 5.95. The van der Waals surface area contributed by atoms with Crippen LogP contribution in [0.5, 0.6) is 0 Å². The number of aliphatic hydroxyl groups excluding tert-OH is 1. The number of rotatable bonds is 7. The first-order valence-corrected chi connectivity index (χ1v) is 8.13. The van der Waals surface area contributed by atoms with Gasteiger partial charge in [0.1, 0.15) is 12.7 Å². The maximum Gasteiger partial charge on any atom is 0.251 e. The van der Waals surface area contributed by atoms with Gasteiger partial charge in [0.05, 0.1) is 12.6 Å². The molecule has 3 rings (SSSR count). The van der Waals surface area contributed by atoms with Crippen LogP contribution in [0, 0.1) is 0 Å². The maximum atomic E-state index is 12.5. The molecule has 0 spiro atoms. The molecule has 0 fully saturated rings. The number of hydrogen-bond donors (Lipinski definition) is 2. The highest BCUT2D eigenvalue weighted by atomic mass is 16.3. The molecule has 0 aliphatic carbocycles. The van der Waals surface area contributed by atoms with Crippen molar-refractivity contribution in [2.75, 3.05) is 6.54 Å². The van der Waals surface area contributed by atoms with Crippen LogP contribution in [-0.2, 0) is 13.0 Å². The predicted molar refractivity (Wildman–Crippen MR) is 94.1 cm³/mol. The van der Waals surface area contributed by atoms with Gasteiger partial charge in [-0.1, -0.05) is 48.5 Å². The van der Waals surface area contributed by atoms with Crippen LogP contribution in [-0.4, -0.2) is 38.4 Å². The normalized spacial score (nSPS) is 11.9. The van der Waals surface area contributed by atoms with Gasteiger partial charge in [-0.3, -0.25) is 4.79 Å². The monoisotopic (exact) mass is 336 g/mol. The maximum absolute atomic E-state index is 12.5. The standard InChI is InChI=1S/C19H20N4O2/c24-17(10-15-6-2-1-3-7-15)11-21-19(25)18-9-5-4-8-16(18)12-23-14-20-13-22-23/h1-9,13-14,17,24H,10-12H2,(H,21,25)/t17-/m0/s1. The lowest BCUT2D eigenvalue weighted by Crippen LogP contribution is -2.33. The van der Waals surface area contributed by atoms with Crippen LogP contribution in [0.1, 0.15) is 21.5 Å². The molecule has 2 N–H and O–H groups in total. The number of hydrogen-bond acceptors (Lipinski definition) is 4. The fraction of sp³-hybridized carbons (Fsp3) is 0.211. The number of aromatic nitrogens is 3. The van der Waals surface area contributed by atoms with Crippen molar-refractivity contribution < 1.29 is 9.90 Å². The van der Waals surface area contributed by atoms with Gasteiger partial charge >= 0.3 is 0 Å². The summed E-state index contributed by atoms with van der Waals surface area (Å²) in [5, 5.41) is 17.0. The Balaban J connectivity index is 1.59. The van der Waals surface area contributed by atoms with Crippen molar-refractivity contribution in [3.05, 3.63) is 83.9 Å². The van der Waals surface area contributed by atoms with E-state index in [1.54, 1.807) is 17.1 Å². The third kappa shape index (κ3) is 4.74. The lowest BCUT2D eigenvalue weighted by Gasteiger charge is -2.14. The van der Waals surface area contributed by atoms with E-state index in [0.717, 1.165) is 11.1 Å². The molecule has 1 amide bonds. The smallest absolute Gasteiger partial charge is 0.251 e. The molecule has 3 aromatic rings. The van der Waals surface area contributed by atoms with Gasteiger partial charge in [0.25, 0.3) is 5.91 Å². The minimum Gasteiger partial charge on any atom is -0.391 e. The molecular weight excluding hydrogens is 316 g/mol. The second-order valence-electron chi connectivity index (χ2n) is 5.80. The summed E-state index contributed by atoms with van der Waals surface area (Å²) < 4.78 is 1.66. The van der Waals surface area contributed by atoms with Crippen molar-refractivity contribution in [1.29, 1.82) is 0 Å². The number of aliphatic hydroxyl groups is 1. The van der Waals surface area contributed by atoms with Crippen molar-refractivity contribution in [2.24, 2.45) is 0 Å². The van der Waals surface area contributed by atoms with Crippen molar-refractivity contribution in [1.82, 2.24) is 20.1 Å². The Hall–Kier alpha value is -2.99. The van der Waals surface area contributed by atoms with E-state index >= 15 is 0 Å². The summed E-state index contributed by atoms with van der Waals surface area (Å²) in [4.78, 5) is 16.4. The van der Waals surface area contributed by atoms with Crippen LogP contribution >= 0.6 is 0 Å². The molecule has 0 saturated heterocycles. The molecule has 2 aromatic carbocycles. The minimum absolute atomic E-state index is 0.200. The zero-order valence-electron chi connectivity index (χ0n) is 13.7. The number of amides is 1. The van der Waals surface area contributed by atoms with Crippen LogP contribution in [0.4, 0.5) is 0 Å². The topological polar surface area (TPSA) is 80.0 Å². The highest BCUT2D eigenvalue weighted by Crippen LogP contribution is 2.10. The summed E-state index contributed by atoms with van der Waals surface area (Å²) in [7, 11) is 0. The van der Waals surface area contributed by atoms with Crippen molar-refractivity contribution in [3.8, 4) is 0 Å². The quantitative estimate of drug-likeness (QED) is 0.688. The predicted octanol–water partition coefficient (Wildman–Crippen LogP) is 1.66. The molecule has 128 valence electrons. The van der Waals surface area contributed by atoms with E-state index < -0.39 is 6.10 Å². The molecule has 0 radical (unpaired) electrons. The SMILES string of the molecule is O=C(NC[C@@H](O)Cc1ccccc1)c1ccccc1Cn1cncn1. The van der Waals surface area contributed by atoms with E-state index in [0.29, 0.717) is 18.5 Å². The molecule has 6 nitrogen and oxygen atoms in total. The van der Waals surface area contributed by atoms with Crippen LogP contribution in [0.3, 0.4) is 0 Å². The average Bonchev–Trinajstić information content (AvgIpc) is 3.14. The summed E-state index contributed by atoms with van der Waals surface area (Å²) >= 11 is 0. The largest absolute Gasteiger partial charge is 0.391 e. The van der Waals surface area contributed by atoms with Gasteiger partial charge in [0.15, 0.2) is 0 Å². The van der Waals surface area contributed by atoms with Crippen LogP contribution in [0.25, 0.3) is 0 Å². The summed E-state index contributed by atoms with van der Waals surface area (Å²) in [6.45, 7) is 0.668. The van der Waals surface area contributed by atoms with Gasteiger partial charge < -0.3 is 10.4 Å². The van der Waals surface area contributed by atoms with E-state index in [9.17, 15) is 9.90 Å². The Bertz CT molecular complexity index is 803. The van der Waals surface area contributed by atoms with Crippen molar-refractivity contribution in [3.63, 3.8) is 0 Å². The van der Waals surface area contributed by atoms with E-state index in [1.165, 1.54) is 6.33 Å². The summed E-state index contributed by atoms with van der Waals surface area (Å²) in [6.07, 6.45) is 2.94. The van der Waals surface area contributed by atoms with Gasteiger partial charge in [0, 0.05) is 18.5 Å². The second-order valence-corrected chi connectivity index (χ2v) is 5.80. The molecule has 0 saturated carbocycles. The first-order chi connectivity index (χ1) is 12.2. The van der Waals surface area contributed by atoms with E-state index in [1.807, 2.05) is 48.5 Å². The van der Waals surface area contributed by atoms with Gasteiger partial charge in [-0.2, -0.15) is 5.10 Å². The zero-order chi connectivity index (χ0) is 17.5. The molecule has 1 heterocycles. The number of carbonyl (C=O) groups excluding carboxylic acids is 1. The Morgan fingerprint density at radius 1 is 1.12 bits per heavy atom. The van der Waals surface area contributed by atoms with Crippen molar-refractivity contribution >= 4 is 5.91 Å². The Kier molecular flexibility index (Phi) is 5.53. The Labute approximate surface area is 146 Å². The average molecular weight is 336 g/mol. The van der Waals surface area contributed by atoms with E-state index in [-0.39, 0.29) is 12.5 Å². The van der Waals surface area contributed by atoms with Crippen LogP contribution < -0.4 is 5.32 Å². The summed E-state index contributed by atoms with van der Waals surface area (Å²) in [5.74, 6) is -0.206. The molecular formula is C19H20N4O2. The Morgan fingerprint density at radius 2 is 1.88 bits per heavy atom. The molecule has 1 aromatic heterocycles. The minimum atomic E-state index is -0.631. The molecule has 1 atom stereocenters. The van der Waals surface area contributed by atoms with Gasteiger partial charge in [-0.05, 0) is 17.2 Å². The third-order valence-electron chi connectivity index (χ3n) is 3.87. The molecule has 0 unspecified atom stereocenters. The first kappa shape index (κ1) is 16.9. The van der Waals surface area contributed by atoms with E-state index in [2.05, 4.69) is 15.4 Å². The van der Waals surface area contributed by atoms with Crippen LogP contribution in [0.15, 0.2) is 67.3 Å². The summed E-state index contributed by atoms with van der Waals surface area (Å²) in [5.41, 5.74) is 2.46. The first-order valence-electron chi connectivity index (χ1n) is 8.13. The lowest BCUT2D eigenvalue weighted by molar-refractivity contribution is 0.0915. The third-order valence-corrected chi connectivity index (χ3v) is 3.87. The number of carbonyl (C=O) groups is 1. The fourth-order valence-corrected chi connectivity index (χ4v) is 2.63. The van der Waals surface area contributed by atoms with E-state index in [4.69, 9.17) is 0 Å². The summed E-state index contributed by atoms with van der Waals surface area (Å²) in [6, 6.07) is 17.1. The van der Waals surface area contributed by atoms with Gasteiger partial charge in [-0.15, -0.1) is 0 Å². The van der Waals surface area contributed by atoms with Crippen molar-refractivity contribution in [2.45, 2.75) is 19.1 Å². The number of benzene rings is 2. The number of nitrogens with one attached hydrogen (secondary N) is 1.